The average Bonchev–Trinajstić information content (AvgIpc) is 2.68. The van der Waals surface area contributed by atoms with Crippen LogP contribution in [-0.2, 0) is 19.6 Å². The molecule has 0 atom stereocenters. The molecule has 0 radical (unpaired) electrons. The van der Waals surface area contributed by atoms with Crippen molar-refractivity contribution in [1.82, 2.24) is 4.31 Å². The van der Waals surface area contributed by atoms with Crippen LogP contribution >= 0.6 is 12.4 Å². The van der Waals surface area contributed by atoms with Gasteiger partial charge in [0.05, 0.1) is 20.3 Å². The van der Waals surface area contributed by atoms with Crippen LogP contribution in [0.1, 0.15) is 32.1 Å². The fourth-order valence-corrected chi connectivity index (χ4v) is 4.48. The molecule has 1 fully saturated rings. The van der Waals surface area contributed by atoms with Crippen molar-refractivity contribution < 1.29 is 22.7 Å². The molecule has 28 heavy (non-hydrogen) atoms. The molecule has 0 bridgehead atoms. The van der Waals surface area contributed by atoms with Gasteiger partial charge in [-0.15, -0.1) is 12.4 Å². The number of anilines is 1. The standard InChI is InChI=1S/C18H29N3O5S.ClH/c1-25-16-8-7-15(20-18(22)6-4-2-3-5-9-19)14-17(16)27(23,24)21-10-12-26-13-11-21;/h7-8,14H,2-6,9-13,19H2,1H3,(H,20,22);1H. The molecule has 3 N–H and O–H groups in total. The topological polar surface area (TPSA) is 111 Å². The highest BCUT2D eigenvalue weighted by atomic mass is 35.5. The van der Waals surface area contributed by atoms with Crippen molar-refractivity contribution in [2.24, 2.45) is 5.73 Å². The minimum Gasteiger partial charge on any atom is -0.495 e. The lowest BCUT2D eigenvalue weighted by Crippen LogP contribution is -2.40. The molecule has 0 unspecified atom stereocenters. The van der Waals surface area contributed by atoms with Crippen molar-refractivity contribution in [3.63, 3.8) is 0 Å². The fraction of sp³-hybridized carbons (Fsp3) is 0.611. The normalized spacial score (nSPS) is 14.9. The van der Waals surface area contributed by atoms with E-state index in [9.17, 15) is 13.2 Å². The van der Waals surface area contributed by atoms with Gasteiger partial charge >= 0.3 is 0 Å². The number of nitrogens with one attached hydrogen (secondary N) is 1. The third-order valence-electron chi connectivity index (χ3n) is 4.39. The van der Waals surface area contributed by atoms with Crippen LogP contribution in [0.3, 0.4) is 0 Å². The number of nitrogens with zero attached hydrogens (tertiary/aromatic N) is 1. The number of sulfonamides is 1. The summed E-state index contributed by atoms with van der Waals surface area (Å²) in [6, 6.07) is 4.66. The van der Waals surface area contributed by atoms with Gasteiger partial charge in [-0.1, -0.05) is 12.8 Å². The molecule has 1 aromatic carbocycles. The summed E-state index contributed by atoms with van der Waals surface area (Å²) in [5.74, 6) is 0.115. The molecule has 1 aliphatic heterocycles. The van der Waals surface area contributed by atoms with E-state index in [1.807, 2.05) is 0 Å². The van der Waals surface area contributed by atoms with Crippen LogP contribution in [0.2, 0.25) is 0 Å². The highest BCUT2D eigenvalue weighted by Crippen LogP contribution is 2.30. The maximum Gasteiger partial charge on any atom is 0.246 e. The highest BCUT2D eigenvalue weighted by Gasteiger charge is 2.29. The number of hydrogen-bond donors (Lipinski definition) is 2. The number of benzene rings is 1. The van der Waals surface area contributed by atoms with E-state index in [2.05, 4.69) is 5.32 Å². The Morgan fingerprint density at radius 3 is 2.54 bits per heavy atom. The van der Waals surface area contributed by atoms with Crippen LogP contribution in [0, 0.1) is 0 Å². The van der Waals surface area contributed by atoms with Gasteiger partial charge < -0.3 is 20.5 Å². The lowest BCUT2D eigenvalue weighted by Gasteiger charge is -2.26. The lowest BCUT2D eigenvalue weighted by molar-refractivity contribution is -0.116. The molecule has 0 aliphatic carbocycles. The van der Waals surface area contributed by atoms with Gasteiger partial charge in [0.25, 0.3) is 0 Å². The van der Waals surface area contributed by atoms with E-state index >= 15 is 0 Å². The van der Waals surface area contributed by atoms with Crippen LogP contribution < -0.4 is 15.8 Å². The maximum absolute atomic E-state index is 12.9. The van der Waals surface area contributed by atoms with Crippen molar-refractivity contribution in [3.8, 4) is 5.75 Å². The summed E-state index contributed by atoms with van der Waals surface area (Å²) in [4.78, 5) is 12.2. The van der Waals surface area contributed by atoms with E-state index in [0.29, 0.717) is 45.0 Å². The summed E-state index contributed by atoms with van der Waals surface area (Å²) in [5, 5.41) is 2.77. The van der Waals surface area contributed by atoms with E-state index in [1.165, 1.54) is 17.5 Å². The Kier molecular flexibility index (Phi) is 10.8. The monoisotopic (exact) mass is 435 g/mol. The Hall–Kier alpha value is -1.39. The van der Waals surface area contributed by atoms with Crippen LogP contribution in [0.25, 0.3) is 0 Å². The molecule has 0 saturated carbocycles. The van der Waals surface area contributed by atoms with Gasteiger partial charge in [0.2, 0.25) is 15.9 Å². The zero-order valence-electron chi connectivity index (χ0n) is 16.2. The summed E-state index contributed by atoms with van der Waals surface area (Å²) in [6.45, 7) is 1.98. The Morgan fingerprint density at radius 2 is 1.89 bits per heavy atom. The summed E-state index contributed by atoms with van der Waals surface area (Å²) in [7, 11) is -2.30. The smallest absolute Gasteiger partial charge is 0.246 e. The van der Waals surface area contributed by atoms with E-state index in [0.717, 1.165) is 25.7 Å². The SMILES string of the molecule is COc1ccc(NC(=O)CCCCCCN)cc1S(=O)(=O)N1CCOCC1.Cl. The molecule has 8 nitrogen and oxygen atoms in total. The molecule has 160 valence electrons. The predicted octanol–water partition coefficient (Wildman–Crippen LogP) is 1.99. The molecular weight excluding hydrogens is 406 g/mol. The van der Waals surface area contributed by atoms with E-state index in [-0.39, 0.29) is 29.0 Å². The average molecular weight is 436 g/mol. The van der Waals surface area contributed by atoms with Crippen molar-refractivity contribution in [2.45, 2.75) is 37.0 Å². The number of morpholine rings is 1. The quantitative estimate of drug-likeness (QED) is 0.543. The molecule has 1 aliphatic rings. The summed E-state index contributed by atoms with van der Waals surface area (Å²) in [6.07, 6.45) is 4.09. The molecule has 0 spiro atoms. The van der Waals surface area contributed by atoms with E-state index < -0.39 is 10.0 Å². The number of halogens is 1. The number of carbonyl (C=O) groups is 1. The zero-order chi connectivity index (χ0) is 19.7. The fourth-order valence-electron chi connectivity index (χ4n) is 2.89. The molecule has 0 aromatic heterocycles. The maximum atomic E-state index is 12.9. The van der Waals surface area contributed by atoms with Gasteiger partial charge in [0, 0.05) is 25.2 Å². The number of methoxy groups -OCH3 is 1. The summed E-state index contributed by atoms with van der Waals surface area (Å²) < 4.78 is 37.7. The molecule has 1 aromatic rings. The highest BCUT2D eigenvalue weighted by molar-refractivity contribution is 7.89. The van der Waals surface area contributed by atoms with Gasteiger partial charge in [-0.2, -0.15) is 4.31 Å². The first kappa shape index (κ1) is 24.6. The van der Waals surface area contributed by atoms with Gasteiger partial charge in [-0.05, 0) is 37.6 Å². The minimum atomic E-state index is -3.73. The van der Waals surface area contributed by atoms with Crippen molar-refractivity contribution in [3.05, 3.63) is 18.2 Å². The van der Waals surface area contributed by atoms with Crippen LogP contribution in [0.4, 0.5) is 5.69 Å². The number of hydrogen-bond acceptors (Lipinski definition) is 6. The molecule has 1 heterocycles. The lowest BCUT2D eigenvalue weighted by atomic mass is 10.1. The van der Waals surface area contributed by atoms with Crippen LogP contribution in [0.5, 0.6) is 5.75 Å². The predicted molar refractivity (Wildman–Crippen MR) is 111 cm³/mol. The first-order valence-corrected chi connectivity index (χ1v) is 10.7. The first-order valence-electron chi connectivity index (χ1n) is 9.25. The summed E-state index contributed by atoms with van der Waals surface area (Å²) >= 11 is 0. The van der Waals surface area contributed by atoms with Crippen molar-refractivity contribution in [1.29, 1.82) is 0 Å². The third-order valence-corrected chi connectivity index (χ3v) is 6.31. The number of ether oxygens (including phenoxy) is 2. The van der Waals surface area contributed by atoms with Gasteiger partial charge in [-0.25, -0.2) is 8.42 Å². The molecule has 10 heteroatoms. The molecule has 1 saturated heterocycles. The summed E-state index contributed by atoms with van der Waals surface area (Å²) in [5.41, 5.74) is 5.89. The third kappa shape index (κ3) is 6.89. The zero-order valence-corrected chi connectivity index (χ0v) is 17.8. The number of amides is 1. The molecule has 2 rings (SSSR count). The number of rotatable bonds is 10. The number of nitrogens with two attached hydrogens (primary N) is 1. The molecular formula is C18H30ClN3O5S. The van der Waals surface area contributed by atoms with E-state index in [4.69, 9.17) is 15.2 Å². The van der Waals surface area contributed by atoms with Crippen molar-refractivity contribution >= 4 is 34.0 Å². The second-order valence-corrected chi connectivity index (χ2v) is 8.29. The number of unbranched alkanes of at least 4 members (excludes halogenated alkanes) is 3. The Morgan fingerprint density at radius 1 is 1.21 bits per heavy atom. The van der Waals surface area contributed by atoms with Gasteiger partial charge in [0.15, 0.2) is 0 Å². The van der Waals surface area contributed by atoms with Crippen molar-refractivity contribution in [2.75, 3.05) is 45.3 Å². The second-order valence-electron chi connectivity index (χ2n) is 6.38. The first-order chi connectivity index (χ1) is 13.0. The second kappa shape index (κ2) is 12.2. The Balaban J connectivity index is 0.00000392. The van der Waals surface area contributed by atoms with Gasteiger partial charge in [-0.3, -0.25) is 4.79 Å². The van der Waals surface area contributed by atoms with Gasteiger partial charge in [0.1, 0.15) is 10.6 Å². The Labute approximate surface area is 173 Å². The number of carbonyl (C=O) groups excluding carboxylic acids is 1. The Bertz CT molecular complexity index is 724. The van der Waals surface area contributed by atoms with E-state index in [1.54, 1.807) is 12.1 Å². The largest absolute Gasteiger partial charge is 0.495 e. The minimum absolute atomic E-state index is 0. The van der Waals surface area contributed by atoms with Crippen LogP contribution in [-0.4, -0.2) is 58.6 Å². The van der Waals surface area contributed by atoms with Crippen LogP contribution in [0.15, 0.2) is 23.1 Å². The molecule has 1 amide bonds.